The second kappa shape index (κ2) is 7.27. The summed E-state index contributed by atoms with van der Waals surface area (Å²) >= 11 is 6.00. The summed E-state index contributed by atoms with van der Waals surface area (Å²) in [6.07, 6.45) is 0.772. The maximum Gasteiger partial charge on any atom is 0.273 e. The van der Waals surface area contributed by atoms with Crippen molar-refractivity contribution in [1.29, 1.82) is 0 Å². The molecule has 0 fully saturated rings. The first-order chi connectivity index (χ1) is 11.6. The van der Waals surface area contributed by atoms with E-state index in [2.05, 4.69) is 15.6 Å². The quantitative estimate of drug-likeness (QED) is 0.776. The van der Waals surface area contributed by atoms with Crippen molar-refractivity contribution in [2.45, 2.75) is 13.3 Å². The fourth-order valence-electron chi connectivity index (χ4n) is 2.44. The van der Waals surface area contributed by atoms with Gasteiger partial charge in [0, 0.05) is 11.6 Å². The number of nitrogens with one attached hydrogen (secondary N) is 1. The molecule has 0 unspecified atom stereocenters. The lowest BCUT2D eigenvalue weighted by molar-refractivity contribution is 0.0948. The van der Waals surface area contributed by atoms with E-state index in [-0.39, 0.29) is 5.91 Å². The van der Waals surface area contributed by atoms with Crippen LogP contribution in [-0.4, -0.2) is 27.4 Å². The zero-order chi connectivity index (χ0) is 16.9. The van der Waals surface area contributed by atoms with E-state index in [1.807, 2.05) is 49.4 Å². The average Bonchev–Trinajstić information content (AvgIpc) is 2.97. The van der Waals surface area contributed by atoms with Crippen LogP contribution in [0.5, 0.6) is 0 Å². The van der Waals surface area contributed by atoms with Gasteiger partial charge in [0.05, 0.1) is 11.4 Å². The number of halogens is 1. The topological polar surface area (TPSA) is 59.8 Å². The number of nitrogens with zero attached hydrogens (tertiary/aromatic N) is 3. The molecular formula is C18H17ClN4O. The van der Waals surface area contributed by atoms with Gasteiger partial charge in [0.1, 0.15) is 0 Å². The summed E-state index contributed by atoms with van der Waals surface area (Å²) in [5.74, 6) is -0.225. The highest BCUT2D eigenvalue weighted by Crippen LogP contribution is 2.16. The van der Waals surface area contributed by atoms with Gasteiger partial charge in [-0.1, -0.05) is 53.2 Å². The minimum absolute atomic E-state index is 0.225. The Morgan fingerprint density at radius 3 is 2.71 bits per heavy atom. The van der Waals surface area contributed by atoms with Crippen LogP contribution in [0.1, 0.15) is 21.7 Å². The highest BCUT2D eigenvalue weighted by atomic mass is 35.5. The van der Waals surface area contributed by atoms with E-state index in [9.17, 15) is 4.79 Å². The van der Waals surface area contributed by atoms with Gasteiger partial charge in [-0.2, -0.15) is 0 Å². The molecule has 24 heavy (non-hydrogen) atoms. The summed E-state index contributed by atoms with van der Waals surface area (Å²) < 4.78 is 1.61. The van der Waals surface area contributed by atoms with Crippen LogP contribution < -0.4 is 5.32 Å². The Hall–Kier alpha value is -2.66. The minimum atomic E-state index is -0.225. The molecule has 0 aliphatic carbocycles. The molecule has 2 aromatic carbocycles. The fourth-order valence-corrected chi connectivity index (χ4v) is 2.63. The first-order valence-electron chi connectivity index (χ1n) is 7.65. The second-order valence-corrected chi connectivity index (χ2v) is 5.84. The lowest BCUT2D eigenvalue weighted by atomic mass is 10.1. The molecule has 5 nitrogen and oxygen atoms in total. The summed E-state index contributed by atoms with van der Waals surface area (Å²) in [6, 6.07) is 17.3. The molecular weight excluding hydrogens is 324 g/mol. The van der Waals surface area contributed by atoms with Crippen LogP contribution in [0.2, 0.25) is 5.02 Å². The lowest BCUT2D eigenvalue weighted by Gasteiger charge is -2.05. The van der Waals surface area contributed by atoms with E-state index in [1.165, 1.54) is 5.56 Å². The Labute approximate surface area is 145 Å². The molecule has 3 rings (SSSR count). The van der Waals surface area contributed by atoms with Gasteiger partial charge >= 0.3 is 0 Å². The summed E-state index contributed by atoms with van der Waals surface area (Å²) in [5.41, 5.74) is 2.95. The van der Waals surface area contributed by atoms with Gasteiger partial charge in [-0.05, 0) is 37.1 Å². The first-order valence-corrected chi connectivity index (χ1v) is 8.03. The zero-order valence-corrected chi connectivity index (χ0v) is 14.0. The maximum atomic E-state index is 12.3. The Kier molecular flexibility index (Phi) is 4.91. The van der Waals surface area contributed by atoms with E-state index in [0.29, 0.717) is 23.0 Å². The molecule has 3 aromatic rings. The van der Waals surface area contributed by atoms with E-state index in [1.54, 1.807) is 16.8 Å². The van der Waals surface area contributed by atoms with Crippen molar-refractivity contribution in [2.24, 2.45) is 0 Å². The molecule has 1 amide bonds. The Balaban J connectivity index is 1.68. The molecule has 1 heterocycles. The Morgan fingerprint density at radius 1 is 1.17 bits per heavy atom. The molecule has 0 bridgehead atoms. The van der Waals surface area contributed by atoms with Crippen LogP contribution in [0, 0.1) is 6.92 Å². The van der Waals surface area contributed by atoms with Crippen molar-refractivity contribution in [3.05, 3.63) is 76.6 Å². The maximum absolute atomic E-state index is 12.3. The highest BCUT2D eigenvalue weighted by Gasteiger charge is 2.17. The van der Waals surface area contributed by atoms with Gasteiger partial charge in [-0.3, -0.25) is 4.79 Å². The van der Waals surface area contributed by atoms with Crippen LogP contribution in [0.15, 0.2) is 54.6 Å². The molecule has 6 heteroatoms. The SMILES string of the molecule is Cc1c(C(=O)NCCc2ccccc2)nnn1-c1cccc(Cl)c1. The Bertz CT molecular complexity index is 845. The van der Waals surface area contributed by atoms with Gasteiger partial charge in [-0.15, -0.1) is 5.10 Å². The van der Waals surface area contributed by atoms with Crippen LogP contribution in [0.3, 0.4) is 0 Å². The summed E-state index contributed by atoms with van der Waals surface area (Å²) in [5, 5.41) is 11.6. The van der Waals surface area contributed by atoms with Crippen LogP contribution in [0.25, 0.3) is 5.69 Å². The van der Waals surface area contributed by atoms with Crippen molar-refractivity contribution >= 4 is 17.5 Å². The van der Waals surface area contributed by atoms with Crippen molar-refractivity contribution in [2.75, 3.05) is 6.54 Å². The molecule has 0 aliphatic rings. The van der Waals surface area contributed by atoms with E-state index in [4.69, 9.17) is 11.6 Å². The van der Waals surface area contributed by atoms with Crippen molar-refractivity contribution in [3.8, 4) is 5.69 Å². The highest BCUT2D eigenvalue weighted by molar-refractivity contribution is 6.30. The predicted molar refractivity (Wildman–Crippen MR) is 93.6 cm³/mol. The van der Waals surface area contributed by atoms with E-state index < -0.39 is 0 Å². The molecule has 0 saturated heterocycles. The Morgan fingerprint density at radius 2 is 1.96 bits per heavy atom. The molecule has 0 atom stereocenters. The summed E-state index contributed by atoms with van der Waals surface area (Å²) in [4.78, 5) is 12.3. The molecule has 1 aromatic heterocycles. The minimum Gasteiger partial charge on any atom is -0.350 e. The van der Waals surface area contributed by atoms with Gasteiger partial charge in [-0.25, -0.2) is 4.68 Å². The molecule has 122 valence electrons. The normalized spacial score (nSPS) is 10.6. The molecule has 0 aliphatic heterocycles. The van der Waals surface area contributed by atoms with E-state index in [0.717, 1.165) is 12.1 Å². The van der Waals surface area contributed by atoms with Gasteiger partial charge in [0.15, 0.2) is 5.69 Å². The third kappa shape index (κ3) is 3.63. The van der Waals surface area contributed by atoms with Crippen LogP contribution in [-0.2, 0) is 6.42 Å². The molecule has 0 spiro atoms. The van der Waals surface area contributed by atoms with Crippen molar-refractivity contribution in [3.63, 3.8) is 0 Å². The number of amides is 1. The summed E-state index contributed by atoms with van der Waals surface area (Å²) in [6.45, 7) is 2.36. The number of aromatic nitrogens is 3. The zero-order valence-electron chi connectivity index (χ0n) is 13.2. The van der Waals surface area contributed by atoms with Gasteiger partial charge in [0.25, 0.3) is 5.91 Å². The first kappa shape index (κ1) is 16.2. The molecule has 0 radical (unpaired) electrons. The number of benzene rings is 2. The van der Waals surface area contributed by atoms with Crippen LogP contribution >= 0.6 is 11.6 Å². The van der Waals surface area contributed by atoms with Crippen molar-refractivity contribution in [1.82, 2.24) is 20.3 Å². The number of rotatable bonds is 5. The van der Waals surface area contributed by atoms with Crippen molar-refractivity contribution < 1.29 is 4.79 Å². The standard InChI is InChI=1S/C18H17ClN4O/c1-13-17(18(24)20-11-10-14-6-3-2-4-7-14)21-22-23(13)16-9-5-8-15(19)12-16/h2-9,12H,10-11H2,1H3,(H,20,24). The monoisotopic (exact) mass is 340 g/mol. The number of hydrogen-bond acceptors (Lipinski definition) is 3. The third-order valence-electron chi connectivity index (χ3n) is 3.70. The third-order valence-corrected chi connectivity index (χ3v) is 3.94. The van der Waals surface area contributed by atoms with Gasteiger partial charge in [0.2, 0.25) is 0 Å². The summed E-state index contributed by atoms with van der Waals surface area (Å²) in [7, 11) is 0. The second-order valence-electron chi connectivity index (χ2n) is 5.41. The number of hydrogen-bond donors (Lipinski definition) is 1. The number of carbonyl (C=O) groups is 1. The fraction of sp³-hybridized carbons (Fsp3) is 0.167. The lowest BCUT2D eigenvalue weighted by Crippen LogP contribution is -2.26. The van der Waals surface area contributed by atoms with Gasteiger partial charge < -0.3 is 5.32 Å². The van der Waals surface area contributed by atoms with Crippen LogP contribution in [0.4, 0.5) is 0 Å². The average molecular weight is 341 g/mol. The predicted octanol–water partition coefficient (Wildman–Crippen LogP) is 3.20. The smallest absolute Gasteiger partial charge is 0.273 e. The number of carbonyl (C=O) groups excluding carboxylic acids is 1. The molecule has 1 N–H and O–H groups in total. The van der Waals surface area contributed by atoms with E-state index >= 15 is 0 Å². The largest absolute Gasteiger partial charge is 0.350 e. The molecule has 0 saturated carbocycles.